The highest BCUT2D eigenvalue weighted by Gasteiger charge is 2.15. The Bertz CT molecular complexity index is 924. The molecule has 1 heterocycles. The lowest BCUT2D eigenvalue weighted by Gasteiger charge is -2.15. The Morgan fingerprint density at radius 3 is 2.62 bits per heavy atom. The van der Waals surface area contributed by atoms with Crippen LogP contribution in [0.15, 0.2) is 66.9 Å². The molecule has 0 saturated carbocycles. The molecule has 0 atom stereocenters. The van der Waals surface area contributed by atoms with Gasteiger partial charge in [0.15, 0.2) is 0 Å². The van der Waals surface area contributed by atoms with Gasteiger partial charge in [0.1, 0.15) is 5.82 Å². The van der Waals surface area contributed by atoms with Gasteiger partial charge in [0.25, 0.3) is 5.91 Å². The molecule has 0 spiro atoms. The van der Waals surface area contributed by atoms with Crippen LogP contribution in [-0.4, -0.2) is 10.9 Å². The number of nitrogens with one attached hydrogen (secondary N) is 2. The first-order valence-electron chi connectivity index (χ1n) is 8.42. The number of anilines is 3. The minimum absolute atomic E-state index is 0.212. The third kappa shape index (κ3) is 4.21. The molecule has 0 aliphatic rings. The van der Waals surface area contributed by atoms with Crippen molar-refractivity contribution in [1.29, 1.82) is 0 Å². The Labute approximate surface area is 158 Å². The average molecular weight is 366 g/mol. The third-order valence-electron chi connectivity index (χ3n) is 3.97. The van der Waals surface area contributed by atoms with E-state index in [2.05, 4.69) is 29.5 Å². The van der Waals surface area contributed by atoms with Crippen LogP contribution < -0.4 is 10.6 Å². The summed E-state index contributed by atoms with van der Waals surface area (Å²) < 4.78 is 0. The van der Waals surface area contributed by atoms with Gasteiger partial charge in [-0.3, -0.25) is 4.79 Å². The highest BCUT2D eigenvalue weighted by Crippen LogP contribution is 2.26. The van der Waals surface area contributed by atoms with Crippen LogP contribution in [0.5, 0.6) is 0 Å². The zero-order valence-electron chi connectivity index (χ0n) is 14.7. The molecule has 2 aromatic carbocycles. The largest absolute Gasteiger partial charge is 0.340 e. The van der Waals surface area contributed by atoms with E-state index in [1.54, 1.807) is 30.5 Å². The summed E-state index contributed by atoms with van der Waals surface area (Å²) in [6, 6.07) is 18.6. The van der Waals surface area contributed by atoms with Crippen LogP contribution in [0.2, 0.25) is 5.02 Å². The van der Waals surface area contributed by atoms with E-state index >= 15 is 0 Å². The molecule has 3 aromatic rings. The molecule has 5 heteroatoms. The number of benzene rings is 2. The molecule has 0 bridgehead atoms. The first-order valence-corrected chi connectivity index (χ1v) is 8.80. The van der Waals surface area contributed by atoms with E-state index < -0.39 is 0 Å². The van der Waals surface area contributed by atoms with Crippen molar-refractivity contribution in [3.63, 3.8) is 0 Å². The molecule has 1 aromatic heterocycles. The minimum atomic E-state index is -0.212. The fourth-order valence-corrected chi connectivity index (χ4v) is 2.89. The summed E-state index contributed by atoms with van der Waals surface area (Å²) in [7, 11) is 0. The van der Waals surface area contributed by atoms with Crippen LogP contribution in [0.3, 0.4) is 0 Å². The van der Waals surface area contributed by atoms with Gasteiger partial charge < -0.3 is 10.6 Å². The summed E-state index contributed by atoms with van der Waals surface area (Å²) in [5.41, 5.74) is 3.14. The Hall–Kier alpha value is -2.85. The number of nitrogens with zero attached hydrogens (tertiary/aromatic N) is 1. The molecule has 26 heavy (non-hydrogen) atoms. The molecule has 132 valence electrons. The number of aromatic nitrogens is 1. The zero-order valence-corrected chi connectivity index (χ0v) is 15.4. The van der Waals surface area contributed by atoms with E-state index in [4.69, 9.17) is 11.6 Å². The van der Waals surface area contributed by atoms with Crippen LogP contribution in [0.1, 0.15) is 35.7 Å². The first-order chi connectivity index (χ1) is 12.5. The average Bonchev–Trinajstić information content (AvgIpc) is 2.62. The number of pyridine rings is 1. The van der Waals surface area contributed by atoms with Crippen LogP contribution in [0.25, 0.3) is 0 Å². The summed E-state index contributed by atoms with van der Waals surface area (Å²) in [6.07, 6.45) is 1.64. The second kappa shape index (κ2) is 8.02. The fourth-order valence-electron chi connectivity index (χ4n) is 2.70. The third-order valence-corrected chi connectivity index (χ3v) is 4.21. The fraction of sp³-hybridized carbons (Fsp3) is 0.143. The molecule has 0 aliphatic heterocycles. The minimum Gasteiger partial charge on any atom is -0.340 e. The van der Waals surface area contributed by atoms with Gasteiger partial charge in [-0.2, -0.15) is 0 Å². The van der Waals surface area contributed by atoms with Crippen molar-refractivity contribution in [2.75, 3.05) is 10.6 Å². The van der Waals surface area contributed by atoms with Crippen LogP contribution in [0, 0.1) is 0 Å². The molecule has 0 saturated heterocycles. The number of rotatable bonds is 5. The number of para-hydroxylation sites is 1. The van der Waals surface area contributed by atoms with Crippen LogP contribution in [0.4, 0.5) is 17.2 Å². The number of carbonyl (C=O) groups is 1. The van der Waals surface area contributed by atoms with E-state index in [-0.39, 0.29) is 5.91 Å². The summed E-state index contributed by atoms with van der Waals surface area (Å²) in [4.78, 5) is 17.2. The Kier molecular flexibility index (Phi) is 5.54. The molecule has 0 radical (unpaired) electrons. The normalized spacial score (nSPS) is 10.6. The number of amides is 1. The number of halogens is 1. The van der Waals surface area contributed by atoms with Crippen molar-refractivity contribution in [2.45, 2.75) is 19.8 Å². The van der Waals surface area contributed by atoms with E-state index in [1.165, 1.54) is 0 Å². The van der Waals surface area contributed by atoms with Crippen LogP contribution in [-0.2, 0) is 0 Å². The molecular formula is C21H20ClN3O. The van der Waals surface area contributed by atoms with Gasteiger partial charge in [-0.05, 0) is 47.9 Å². The smallest absolute Gasteiger partial charge is 0.259 e. The maximum absolute atomic E-state index is 12.8. The molecule has 4 nitrogen and oxygen atoms in total. The lowest BCUT2D eigenvalue weighted by atomic mass is 10.0. The standard InChI is InChI=1S/C21H20ClN3O/c1-14(2)17-9-3-4-11-19(17)25-21(26)18-10-6-12-23-20(18)24-16-8-5-7-15(22)13-16/h3-14H,1-2H3,(H,23,24)(H,25,26). The van der Waals surface area contributed by atoms with Crippen molar-refractivity contribution < 1.29 is 4.79 Å². The van der Waals surface area contributed by atoms with Gasteiger partial charge in [0.2, 0.25) is 0 Å². The Morgan fingerprint density at radius 1 is 1.04 bits per heavy atom. The Balaban J connectivity index is 1.87. The molecule has 2 N–H and O–H groups in total. The van der Waals surface area contributed by atoms with Gasteiger partial charge in [0.05, 0.1) is 5.56 Å². The van der Waals surface area contributed by atoms with Gasteiger partial charge >= 0.3 is 0 Å². The maximum Gasteiger partial charge on any atom is 0.259 e. The Morgan fingerprint density at radius 2 is 1.85 bits per heavy atom. The van der Waals surface area contributed by atoms with Crippen molar-refractivity contribution in [3.05, 3.63) is 83.0 Å². The first kappa shape index (κ1) is 18.0. The summed E-state index contributed by atoms with van der Waals surface area (Å²) in [5.74, 6) is 0.578. The summed E-state index contributed by atoms with van der Waals surface area (Å²) in [5, 5.41) is 6.78. The highest BCUT2D eigenvalue weighted by molar-refractivity contribution is 6.30. The monoisotopic (exact) mass is 365 g/mol. The predicted molar refractivity (Wildman–Crippen MR) is 107 cm³/mol. The van der Waals surface area contributed by atoms with E-state index in [1.807, 2.05) is 36.4 Å². The molecule has 3 rings (SSSR count). The molecule has 1 amide bonds. The second-order valence-corrected chi connectivity index (χ2v) is 6.67. The molecule has 0 fully saturated rings. The molecular weight excluding hydrogens is 346 g/mol. The van der Waals surface area contributed by atoms with Crippen molar-refractivity contribution in [1.82, 2.24) is 4.98 Å². The quantitative estimate of drug-likeness (QED) is 0.595. The zero-order chi connectivity index (χ0) is 18.5. The van der Waals surface area contributed by atoms with E-state index in [0.717, 1.165) is 16.9 Å². The number of hydrogen-bond donors (Lipinski definition) is 2. The topological polar surface area (TPSA) is 54.0 Å². The van der Waals surface area contributed by atoms with E-state index in [0.29, 0.717) is 22.3 Å². The SMILES string of the molecule is CC(C)c1ccccc1NC(=O)c1cccnc1Nc1cccc(Cl)c1. The van der Waals surface area contributed by atoms with Gasteiger partial charge in [-0.1, -0.05) is 49.7 Å². The van der Waals surface area contributed by atoms with Gasteiger partial charge in [-0.15, -0.1) is 0 Å². The molecule has 0 aliphatic carbocycles. The van der Waals surface area contributed by atoms with Crippen molar-refractivity contribution >= 4 is 34.7 Å². The predicted octanol–water partition coefficient (Wildman–Crippen LogP) is 5.85. The van der Waals surface area contributed by atoms with Crippen molar-refractivity contribution in [3.8, 4) is 0 Å². The molecule has 0 unspecified atom stereocenters. The summed E-state index contributed by atoms with van der Waals surface area (Å²) in [6.45, 7) is 4.20. The lowest BCUT2D eigenvalue weighted by Crippen LogP contribution is -2.16. The highest BCUT2D eigenvalue weighted by atomic mass is 35.5. The number of hydrogen-bond acceptors (Lipinski definition) is 3. The lowest BCUT2D eigenvalue weighted by molar-refractivity contribution is 0.102. The summed E-state index contributed by atoms with van der Waals surface area (Å²) >= 11 is 6.03. The van der Waals surface area contributed by atoms with Crippen LogP contribution >= 0.6 is 11.6 Å². The van der Waals surface area contributed by atoms with Gasteiger partial charge in [0, 0.05) is 22.6 Å². The maximum atomic E-state index is 12.8. The number of carbonyl (C=O) groups excluding carboxylic acids is 1. The van der Waals surface area contributed by atoms with E-state index in [9.17, 15) is 4.79 Å². The van der Waals surface area contributed by atoms with Crippen molar-refractivity contribution in [2.24, 2.45) is 0 Å². The second-order valence-electron chi connectivity index (χ2n) is 6.23. The van der Waals surface area contributed by atoms with Gasteiger partial charge in [-0.25, -0.2) is 4.98 Å².